The Balaban J connectivity index is 1.97. The van der Waals surface area contributed by atoms with Crippen molar-refractivity contribution < 1.29 is 9.13 Å². The Hall–Kier alpha value is -1.04. The van der Waals surface area contributed by atoms with Crippen molar-refractivity contribution >= 4 is 17.2 Å². The second kappa shape index (κ2) is 5.53. The lowest BCUT2D eigenvalue weighted by Crippen LogP contribution is -2.47. The molecule has 0 saturated carbocycles. The Morgan fingerprint density at radius 3 is 3.12 bits per heavy atom. The van der Waals surface area contributed by atoms with Gasteiger partial charge in [-0.25, -0.2) is 4.39 Å². The highest BCUT2D eigenvalue weighted by atomic mass is 32.1. The molecule has 92 valence electrons. The highest BCUT2D eigenvalue weighted by Gasteiger charge is 2.22. The molecular weight excluding hydrogens is 239 g/mol. The topological polar surface area (TPSA) is 38.5 Å². The van der Waals surface area contributed by atoms with Gasteiger partial charge >= 0.3 is 0 Å². The van der Waals surface area contributed by atoms with Gasteiger partial charge in [0.2, 0.25) is 0 Å². The van der Waals surface area contributed by atoms with Crippen LogP contribution in [0.1, 0.15) is 5.56 Å². The molecule has 1 heterocycles. The molecule has 2 rings (SSSR count). The largest absolute Gasteiger partial charge is 0.391 e. The SMILES string of the molecule is NC(=S)C1CN(Cc2cccc(F)c2)CCO1. The number of nitrogens with two attached hydrogens (primary N) is 1. The van der Waals surface area contributed by atoms with Crippen molar-refractivity contribution in [3.05, 3.63) is 35.6 Å². The van der Waals surface area contributed by atoms with Gasteiger partial charge < -0.3 is 10.5 Å². The first kappa shape index (κ1) is 12.4. The first-order valence-electron chi connectivity index (χ1n) is 5.53. The molecule has 1 atom stereocenters. The van der Waals surface area contributed by atoms with Gasteiger partial charge in [-0.05, 0) is 17.7 Å². The highest BCUT2D eigenvalue weighted by Crippen LogP contribution is 2.11. The van der Waals surface area contributed by atoms with Crippen molar-refractivity contribution in [3.8, 4) is 0 Å². The molecular formula is C12H15FN2OS. The second-order valence-corrected chi connectivity index (χ2v) is 4.60. The second-order valence-electron chi connectivity index (χ2n) is 4.13. The highest BCUT2D eigenvalue weighted by molar-refractivity contribution is 7.80. The molecule has 0 amide bonds. The minimum Gasteiger partial charge on any atom is -0.391 e. The first-order chi connectivity index (χ1) is 8.15. The van der Waals surface area contributed by atoms with E-state index < -0.39 is 0 Å². The van der Waals surface area contributed by atoms with Crippen molar-refractivity contribution in [2.45, 2.75) is 12.6 Å². The Bertz CT molecular complexity index is 413. The monoisotopic (exact) mass is 254 g/mol. The van der Waals surface area contributed by atoms with Gasteiger partial charge in [0.1, 0.15) is 16.9 Å². The van der Waals surface area contributed by atoms with E-state index in [1.807, 2.05) is 6.07 Å². The van der Waals surface area contributed by atoms with Gasteiger partial charge in [-0.3, -0.25) is 4.90 Å². The summed E-state index contributed by atoms with van der Waals surface area (Å²) in [4.78, 5) is 2.55. The molecule has 1 aromatic carbocycles. The number of rotatable bonds is 3. The summed E-state index contributed by atoms with van der Waals surface area (Å²) in [6.45, 7) is 2.79. The molecule has 1 aromatic rings. The van der Waals surface area contributed by atoms with Crippen LogP contribution in [0.5, 0.6) is 0 Å². The number of ether oxygens (including phenoxy) is 1. The van der Waals surface area contributed by atoms with E-state index in [2.05, 4.69) is 4.90 Å². The van der Waals surface area contributed by atoms with E-state index in [1.54, 1.807) is 12.1 Å². The van der Waals surface area contributed by atoms with Gasteiger partial charge in [-0.15, -0.1) is 0 Å². The van der Waals surface area contributed by atoms with Crippen LogP contribution in [0.2, 0.25) is 0 Å². The van der Waals surface area contributed by atoms with Crippen LogP contribution >= 0.6 is 12.2 Å². The van der Waals surface area contributed by atoms with E-state index in [0.29, 0.717) is 24.7 Å². The van der Waals surface area contributed by atoms with Crippen molar-refractivity contribution in [1.29, 1.82) is 0 Å². The molecule has 0 aromatic heterocycles. The molecule has 0 spiro atoms. The van der Waals surface area contributed by atoms with Crippen LogP contribution in [0, 0.1) is 5.82 Å². The zero-order valence-corrected chi connectivity index (χ0v) is 10.3. The quantitative estimate of drug-likeness (QED) is 0.826. The van der Waals surface area contributed by atoms with E-state index >= 15 is 0 Å². The first-order valence-corrected chi connectivity index (χ1v) is 5.93. The fourth-order valence-corrected chi connectivity index (χ4v) is 2.05. The van der Waals surface area contributed by atoms with Gasteiger partial charge in [-0.1, -0.05) is 24.4 Å². The van der Waals surface area contributed by atoms with Crippen molar-refractivity contribution in [1.82, 2.24) is 4.90 Å². The zero-order chi connectivity index (χ0) is 12.3. The van der Waals surface area contributed by atoms with Crippen molar-refractivity contribution in [2.75, 3.05) is 19.7 Å². The summed E-state index contributed by atoms with van der Waals surface area (Å²) >= 11 is 4.92. The molecule has 1 unspecified atom stereocenters. The summed E-state index contributed by atoms with van der Waals surface area (Å²) in [5.41, 5.74) is 6.52. The van der Waals surface area contributed by atoms with E-state index in [1.165, 1.54) is 6.07 Å². The summed E-state index contributed by atoms with van der Waals surface area (Å²) in [5, 5.41) is 0. The number of morpholine rings is 1. The van der Waals surface area contributed by atoms with E-state index in [9.17, 15) is 4.39 Å². The maximum absolute atomic E-state index is 13.0. The fraction of sp³-hybridized carbons (Fsp3) is 0.417. The molecule has 0 bridgehead atoms. The van der Waals surface area contributed by atoms with Crippen LogP contribution in [0.25, 0.3) is 0 Å². The molecule has 0 aliphatic carbocycles. The third-order valence-corrected chi connectivity index (χ3v) is 3.03. The Morgan fingerprint density at radius 2 is 2.41 bits per heavy atom. The Kier molecular flexibility index (Phi) is 4.04. The third-order valence-electron chi connectivity index (χ3n) is 2.76. The van der Waals surface area contributed by atoms with Crippen LogP contribution in [-0.2, 0) is 11.3 Å². The van der Waals surface area contributed by atoms with Crippen LogP contribution in [0.4, 0.5) is 4.39 Å². The van der Waals surface area contributed by atoms with Gasteiger partial charge in [0, 0.05) is 19.6 Å². The fourth-order valence-electron chi connectivity index (χ4n) is 1.91. The molecule has 5 heteroatoms. The van der Waals surface area contributed by atoms with Gasteiger partial charge in [0.05, 0.1) is 6.61 Å². The predicted molar refractivity (Wildman–Crippen MR) is 68.2 cm³/mol. The number of benzene rings is 1. The van der Waals surface area contributed by atoms with E-state index in [-0.39, 0.29) is 11.9 Å². The van der Waals surface area contributed by atoms with Crippen LogP contribution in [0.3, 0.4) is 0 Å². The smallest absolute Gasteiger partial charge is 0.123 e. The predicted octanol–water partition coefficient (Wildman–Crippen LogP) is 1.31. The lowest BCUT2D eigenvalue weighted by molar-refractivity contribution is 0.00388. The summed E-state index contributed by atoms with van der Waals surface area (Å²) in [5.74, 6) is -0.207. The van der Waals surface area contributed by atoms with Crippen LogP contribution in [-0.4, -0.2) is 35.7 Å². The molecule has 2 N–H and O–H groups in total. The summed E-state index contributed by atoms with van der Waals surface area (Å²) < 4.78 is 18.5. The van der Waals surface area contributed by atoms with Crippen molar-refractivity contribution in [3.63, 3.8) is 0 Å². The number of halogens is 1. The standard InChI is InChI=1S/C12H15FN2OS/c13-10-3-1-2-9(6-10)7-15-4-5-16-11(8-15)12(14)17/h1-3,6,11H,4-5,7-8H2,(H2,14,17). The van der Waals surface area contributed by atoms with Gasteiger partial charge in [0.25, 0.3) is 0 Å². The van der Waals surface area contributed by atoms with E-state index in [0.717, 1.165) is 12.1 Å². The number of hydrogen-bond donors (Lipinski definition) is 1. The maximum Gasteiger partial charge on any atom is 0.123 e. The number of nitrogens with zero attached hydrogens (tertiary/aromatic N) is 1. The number of thiocarbonyl (C=S) groups is 1. The average Bonchev–Trinajstić information content (AvgIpc) is 2.29. The Morgan fingerprint density at radius 1 is 1.59 bits per heavy atom. The summed E-state index contributed by atoms with van der Waals surface area (Å²) in [6, 6.07) is 6.62. The van der Waals surface area contributed by atoms with Gasteiger partial charge in [-0.2, -0.15) is 0 Å². The van der Waals surface area contributed by atoms with Crippen LogP contribution in [0.15, 0.2) is 24.3 Å². The molecule has 3 nitrogen and oxygen atoms in total. The number of hydrogen-bond acceptors (Lipinski definition) is 3. The molecule has 1 saturated heterocycles. The zero-order valence-electron chi connectivity index (χ0n) is 9.43. The molecule has 17 heavy (non-hydrogen) atoms. The lowest BCUT2D eigenvalue weighted by atomic mass is 10.2. The molecule has 1 aliphatic heterocycles. The minimum absolute atomic E-state index is 0.188. The lowest BCUT2D eigenvalue weighted by Gasteiger charge is -2.32. The Labute approximate surface area is 105 Å². The normalized spacial score (nSPS) is 21.4. The van der Waals surface area contributed by atoms with Crippen molar-refractivity contribution in [2.24, 2.45) is 5.73 Å². The third kappa shape index (κ3) is 3.46. The summed E-state index contributed by atoms with van der Waals surface area (Å²) in [7, 11) is 0. The molecule has 0 radical (unpaired) electrons. The maximum atomic E-state index is 13.0. The van der Waals surface area contributed by atoms with E-state index in [4.69, 9.17) is 22.7 Å². The molecule has 1 aliphatic rings. The van der Waals surface area contributed by atoms with Crippen LogP contribution < -0.4 is 5.73 Å². The minimum atomic E-state index is -0.207. The summed E-state index contributed by atoms with van der Waals surface area (Å²) in [6.07, 6.45) is -0.188. The average molecular weight is 254 g/mol. The molecule has 1 fully saturated rings. The van der Waals surface area contributed by atoms with Gasteiger partial charge in [0.15, 0.2) is 0 Å².